The van der Waals surface area contributed by atoms with Crippen LogP contribution in [0.25, 0.3) is 0 Å². The smallest absolute Gasteiger partial charge is 0.224 e. The molecule has 18 heavy (non-hydrogen) atoms. The second kappa shape index (κ2) is 4.64. The normalized spacial score (nSPS) is 10.7. The van der Waals surface area contributed by atoms with Crippen molar-refractivity contribution in [3.63, 3.8) is 0 Å². The van der Waals surface area contributed by atoms with Gasteiger partial charge in [0.05, 0.1) is 5.69 Å². The molecule has 2 aromatic heterocycles. The highest BCUT2D eigenvalue weighted by atomic mass is 16.5. The summed E-state index contributed by atoms with van der Waals surface area (Å²) in [6.45, 7) is 5.81. The Morgan fingerprint density at radius 1 is 1.33 bits per heavy atom. The topological polar surface area (TPSA) is 78.9 Å². The number of anilines is 1. The largest absolute Gasteiger partial charge is 0.435 e. The molecule has 0 unspecified atom stereocenters. The van der Waals surface area contributed by atoms with Gasteiger partial charge in [-0.1, -0.05) is 6.92 Å². The lowest BCUT2D eigenvalue weighted by Crippen LogP contribution is -2.01. The zero-order chi connectivity index (χ0) is 13.3. The van der Waals surface area contributed by atoms with E-state index in [4.69, 9.17) is 10.5 Å². The van der Waals surface area contributed by atoms with Crippen LogP contribution >= 0.6 is 0 Å². The maximum atomic E-state index is 5.77. The maximum Gasteiger partial charge on any atom is 0.224 e. The Labute approximate surface area is 106 Å². The Morgan fingerprint density at radius 3 is 2.61 bits per heavy atom. The van der Waals surface area contributed by atoms with Gasteiger partial charge in [-0.2, -0.15) is 10.1 Å². The first-order chi connectivity index (χ1) is 8.51. The van der Waals surface area contributed by atoms with E-state index in [-0.39, 0.29) is 0 Å². The Morgan fingerprint density at radius 2 is 2.06 bits per heavy atom. The summed E-state index contributed by atoms with van der Waals surface area (Å²) >= 11 is 0. The first-order valence-electron chi connectivity index (χ1n) is 5.82. The van der Waals surface area contributed by atoms with Gasteiger partial charge in [0, 0.05) is 19.5 Å². The van der Waals surface area contributed by atoms with Gasteiger partial charge >= 0.3 is 0 Å². The molecule has 96 valence electrons. The van der Waals surface area contributed by atoms with Crippen molar-refractivity contribution in [3.05, 3.63) is 23.3 Å². The monoisotopic (exact) mass is 247 g/mol. The predicted octanol–water partition coefficient (Wildman–Crippen LogP) is 1.76. The first-order valence-corrected chi connectivity index (χ1v) is 5.82. The van der Waals surface area contributed by atoms with Gasteiger partial charge in [0.25, 0.3) is 0 Å². The minimum atomic E-state index is 0.413. The molecule has 0 radical (unpaired) electrons. The number of nitrogen functional groups attached to an aromatic ring is 1. The van der Waals surface area contributed by atoms with Crippen molar-refractivity contribution in [2.45, 2.75) is 27.2 Å². The number of ether oxygens (including phenoxy) is 1. The average molecular weight is 247 g/mol. The van der Waals surface area contributed by atoms with Gasteiger partial charge in [-0.3, -0.25) is 4.68 Å². The number of hydrogen-bond acceptors (Lipinski definition) is 5. The quantitative estimate of drug-likeness (QED) is 0.894. The van der Waals surface area contributed by atoms with Gasteiger partial charge in [0.1, 0.15) is 17.3 Å². The van der Waals surface area contributed by atoms with Gasteiger partial charge in [0.15, 0.2) is 5.75 Å². The van der Waals surface area contributed by atoms with Crippen LogP contribution in [0, 0.1) is 13.8 Å². The lowest BCUT2D eigenvalue weighted by atomic mass is 10.3. The Kier molecular flexibility index (Phi) is 3.18. The third-order valence-corrected chi connectivity index (χ3v) is 2.73. The molecule has 2 rings (SSSR count). The molecule has 6 heteroatoms. The van der Waals surface area contributed by atoms with Crippen LogP contribution in [-0.2, 0) is 13.5 Å². The number of aryl methyl sites for hydroxylation is 3. The van der Waals surface area contributed by atoms with Crippen LogP contribution in [0.1, 0.15) is 24.1 Å². The maximum absolute atomic E-state index is 5.77. The zero-order valence-electron chi connectivity index (χ0n) is 11.1. The summed E-state index contributed by atoms with van der Waals surface area (Å²) in [7, 11) is 1.88. The lowest BCUT2D eigenvalue weighted by Gasteiger charge is -2.07. The van der Waals surface area contributed by atoms with Crippen molar-refractivity contribution in [2.75, 3.05) is 5.73 Å². The third-order valence-electron chi connectivity index (χ3n) is 2.73. The van der Waals surface area contributed by atoms with E-state index in [1.54, 1.807) is 10.7 Å². The highest BCUT2D eigenvalue weighted by Crippen LogP contribution is 2.27. The van der Waals surface area contributed by atoms with Crippen LogP contribution in [0.15, 0.2) is 6.07 Å². The van der Waals surface area contributed by atoms with Gasteiger partial charge in [0.2, 0.25) is 5.88 Å². The van der Waals surface area contributed by atoms with Crippen LogP contribution < -0.4 is 10.5 Å². The second-order valence-corrected chi connectivity index (χ2v) is 4.13. The van der Waals surface area contributed by atoms with E-state index in [9.17, 15) is 0 Å². The van der Waals surface area contributed by atoms with E-state index < -0.39 is 0 Å². The predicted molar refractivity (Wildman–Crippen MR) is 68.6 cm³/mol. The molecule has 0 spiro atoms. The molecule has 0 aromatic carbocycles. The molecule has 6 nitrogen and oxygen atoms in total. The zero-order valence-corrected chi connectivity index (χ0v) is 11.1. The summed E-state index contributed by atoms with van der Waals surface area (Å²) in [4.78, 5) is 8.40. The molecule has 0 saturated carbocycles. The summed E-state index contributed by atoms with van der Waals surface area (Å²) in [6, 6.07) is 1.62. The molecular weight excluding hydrogens is 230 g/mol. The SMILES string of the molecule is CCc1nc(N)cc(Oc2c(C)nn(C)c2C)n1. The molecule has 0 aliphatic rings. The summed E-state index contributed by atoms with van der Waals surface area (Å²) < 4.78 is 7.54. The standard InChI is InChI=1S/C12H17N5O/c1-5-10-14-9(13)6-11(15-10)18-12-7(2)16-17(4)8(12)3/h6H,5H2,1-4H3,(H2,13,14,15). The van der Waals surface area contributed by atoms with Crippen LogP contribution in [0.3, 0.4) is 0 Å². The van der Waals surface area contributed by atoms with E-state index in [2.05, 4.69) is 15.1 Å². The highest BCUT2D eigenvalue weighted by molar-refractivity contribution is 5.39. The number of nitrogens with two attached hydrogens (primary N) is 1. The van der Waals surface area contributed by atoms with E-state index >= 15 is 0 Å². The molecule has 0 saturated heterocycles. The molecule has 0 atom stereocenters. The van der Waals surface area contributed by atoms with Crippen LogP contribution in [-0.4, -0.2) is 19.7 Å². The van der Waals surface area contributed by atoms with Gasteiger partial charge in [-0.15, -0.1) is 0 Å². The number of rotatable bonds is 3. The van der Waals surface area contributed by atoms with Gasteiger partial charge in [-0.25, -0.2) is 4.98 Å². The number of hydrogen-bond donors (Lipinski definition) is 1. The minimum absolute atomic E-state index is 0.413. The minimum Gasteiger partial charge on any atom is -0.435 e. The fourth-order valence-corrected chi connectivity index (χ4v) is 1.71. The van der Waals surface area contributed by atoms with Crippen molar-refractivity contribution in [2.24, 2.45) is 7.05 Å². The van der Waals surface area contributed by atoms with Crippen LogP contribution in [0.4, 0.5) is 5.82 Å². The fraction of sp³-hybridized carbons (Fsp3) is 0.417. The number of nitrogens with zero attached hydrogens (tertiary/aromatic N) is 4. The van der Waals surface area contributed by atoms with Crippen LogP contribution in [0.2, 0.25) is 0 Å². The summed E-state index contributed by atoms with van der Waals surface area (Å²) in [5.74, 6) is 2.26. The van der Waals surface area contributed by atoms with Crippen molar-refractivity contribution >= 4 is 5.82 Å². The summed E-state index contributed by atoms with van der Waals surface area (Å²) in [6.07, 6.45) is 0.715. The Bertz CT molecular complexity index is 576. The Balaban J connectivity index is 2.36. The third kappa shape index (κ3) is 2.27. The number of aromatic nitrogens is 4. The molecule has 0 aliphatic carbocycles. The van der Waals surface area contributed by atoms with E-state index in [1.807, 2.05) is 27.8 Å². The lowest BCUT2D eigenvalue weighted by molar-refractivity contribution is 0.452. The first kappa shape index (κ1) is 12.3. The molecule has 2 aromatic rings. The van der Waals surface area contributed by atoms with E-state index in [0.29, 0.717) is 23.9 Å². The van der Waals surface area contributed by atoms with Gasteiger partial charge in [-0.05, 0) is 13.8 Å². The van der Waals surface area contributed by atoms with E-state index in [0.717, 1.165) is 17.1 Å². The summed E-state index contributed by atoms with van der Waals surface area (Å²) in [5, 5.41) is 4.29. The molecule has 0 fully saturated rings. The second-order valence-electron chi connectivity index (χ2n) is 4.13. The molecule has 2 heterocycles. The van der Waals surface area contributed by atoms with Crippen molar-refractivity contribution in [3.8, 4) is 11.6 Å². The summed E-state index contributed by atoms with van der Waals surface area (Å²) in [5.41, 5.74) is 7.49. The van der Waals surface area contributed by atoms with E-state index in [1.165, 1.54) is 0 Å². The molecule has 2 N–H and O–H groups in total. The molecule has 0 amide bonds. The average Bonchev–Trinajstić information content (AvgIpc) is 2.55. The highest BCUT2D eigenvalue weighted by Gasteiger charge is 2.13. The Hall–Kier alpha value is -2.11. The van der Waals surface area contributed by atoms with Crippen molar-refractivity contribution < 1.29 is 4.74 Å². The molecular formula is C12H17N5O. The molecule has 0 aliphatic heterocycles. The molecule has 0 bridgehead atoms. The van der Waals surface area contributed by atoms with Gasteiger partial charge < -0.3 is 10.5 Å². The van der Waals surface area contributed by atoms with Crippen molar-refractivity contribution in [1.29, 1.82) is 0 Å². The fourth-order valence-electron chi connectivity index (χ4n) is 1.71. The van der Waals surface area contributed by atoms with Crippen molar-refractivity contribution in [1.82, 2.24) is 19.7 Å². The van der Waals surface area contributed by atoms with Crippen LogP contribution in [0.5, 0.6) is 11.6 Å².